The highest BCUT2D eigenvalue weighted by Gasteiger charge is 2.40. The van der Waals surface area contributed by atoms with Gasteiger partial charge in [0, 0.05) is 4.47 Å². The number of hydrogen-bond acceptors (Lipinski definition) is 6. The SMILES string of the molecule is CCOC(=O)C1=C(C)OC(N)=C(C(=O)OCC)[C@@H]1c1cccc(Br)c1. The zero-order valence-corrected chi connectivity index (χ0v) is 15.9. The summed E-state index contributed by atoms with van der Waals surface area (Å²) in [5.74, 6) is -1.69. The van der Waals surface area contributed by atoms with Crippen LogP contribution in [0.2, 0.25) is 0 Å². The van der Waals surface area contributed by atoms with E-state index in [1.165, 1.54) is 0 Å². The third-order valence-electron chi connectivity index (χ3n) is 3.66. The molecule has 1 aliphatic heterocycles. The van der Waals surface area contributed by atoms with Gasteiger partial charge in [-0.25, -0.2) is 9.59 Å². The van der Waals surface area contributed by atoms with Crippen LogP contribution >= 0.6 is 15.9 Å². The molecule has 6 nitrogen and oxygen atoms in total. The summed E-state index contributed by atoms with van der Waals surface area (Å²) in [5, 5.41) is 0. The van der Waals surface area contributed by atoms with E-state index < -0.39 is 17.9 Å². The second-order valence-electron chi connectivity index (χ2n) is 5.28. The smallest absolute Gasteiger partial charge is 0.340 e. The van der Waals surface area contributed by atoms with Gasteiger partial charge >= 0.3 is 11.9 Å². The topological polar surface area (TPSA) is 87.9 Å². The predicted octanol–water partition coefficient (Wildman–Crippen LogP) is 3.13. The fourth-order valence-electron chi connectivity index (χ4n) is 2.68. The Labute approximate surface area is 154 Å². The number of benzene rings is 1. The van der Waals surface area contributed by atoms with Crippen molar-refractivity contribution in [2.45, 2.75) is 26.7 Å². The average Bonchev–Trinajstić information content (AvgIpc) is 2.54. The van der Waals surface area contributed by atoms with Crippen molar-refractivity contribution < 1.29 is 23.8 Å². The molecule has 0 saturated carbocycles. The highest BCUT2D eigenvalue weighted by Crippen LogP contribution is 2.41. The lowest BCUT2D eigenvalue weighted by molar-refractivity contribution is -0.140. The summed E-state index contributed by atoms with van der Waals surface area (Å²) in [7, 11) is 0. The summed E-state index contributed by atoms with van der Waals surface area (Å²) in [4.78, 5) is 25.0. The van der Waals surface area contributed by atoms with E-state index in [0.29, 0.717) is 11.3 Å². The number of carbonyl (C=O) groups is 2. The monoisotopic (exact) mass is 409 g/mol. The zero-order valence-electron chi connectivity index (χ0n) is 14.3. The van der Waals surface area contributed by atoms with Gasteiger partial charge in [-0.2, -0.15) is 0 Å². The van der Waals surface area contributed by atoms with E-state index in [1.54, 1.807) is 26.8 Å². The first kappa shape index (κ1) is 19.1. The van der Waals surface area contributed by atoms with Gasteiger partial charge in [-0.15, -0.1) is 0 Å². The molecular formula is C18H20BrNO5. The van der Waals surface area contributed by atoms with E-state index in [1.807, 2.05) is 18.2 Å². The molecule has 0 saturated heterocycles. The van der Waals surface area contributed by atoms with Crippen LogP contribution in [-0.4, -0.2) is 25.2 Å². The molecule has 0 radical (unpaired) electrons. The van der Waals surface area contributed by atoms with Crippen molar-refractivity contribution in [3.05, 3.63) is 57.1 Å². The minimum atomic E-state index is -0.732. The standard InChI is InChI=1S/C18H20BrNO5/c1-4-23-17(21)13-10(3)25-16(20)15(18(22)24-5-2)14(13)11-7-6-8-12(19)9-11/h6-9,14H,4-5,20H2,1-3H3/t14-/m1/s1. The van der Waals surface area contributed by atoms with Crippen molar-refractivity contribution in [1.29, 1.82) is 0 Å². The molecule has 134 valence electrons. The van der Waals surface area contributed by atoms with Gasteiger partial charge in [0.2, 0.25) is 5.88 Å². The fourth-order valence-corrected chi connectivity index (χ4v) is 3.10. The molecular weight excluding hydrogens is 390 g/mol. The first-order chi connectivity index (χ1) is 11.9. The summed E-state index contributed by atoms with van der Waals surface area (Å²) in [6, 6.07) is 7.28. The van der Waals surface area contributed by atoms with Gasteiger partial charge in [-0.3, -0.25) is 0 Å². The molecule has 0 fully saturated rings. The quantitative estimate of drug-likeness (QED) is 0.751. The van der Waals surface area contributed by atoms with E-state index in [2.05, 4.69) is 15.9 Å². The van der Waals surface area contributed by atoms with Crippen LogP contribution in [0, 0.1) is 0 Å². The van der Waals surface area contributed by atoms with E-state index in [9.17, 15) is 9.59 Å². The number of rotatable bonds is 5. The maximum absolute atomic E-state index is 12.5. The molecule has 0 aliphatic carbocycles. The van der Waals surface area contributed by atoms with Gasteiger partial charge < -0.3 is 19.9 Å². The van der Waals surface area contributed by atoms with Gasteiger partial charge in [0.25, 0.3) is 0 Å². The first-order valence-electron chi connectivity index (χ1n) is 7.88. The van der Waals surface area contributed by atoms with E-state index in [4.69, 9.17) is 19.9 Å². The van der Waals surface area contributed by atoms with E-state index in [-0.39, 0.29) is 30.2 Å². The fraction of sp³-hybridized carbons (Fsp3) is 0.333. The van der Waals surface area contributed by atoms with Crippen molar-refractivity contribution >= 4 is 27.9 Å². The molecule has 25 heavy (non-hydrogen) atoms. The lowest BCUT2D eigenvalue weighted by atomic mass is 9.82. The van der Waals surface area contributed by atoms with Crippen molar-refractivity contribution in [2.24, 2.45) is 5.73 Å². The minimum absolute atomic E-state index is 0.0750. The Balaban J connectivity index is 2.64. The number of halogens is 1. The van der Waals surface area contributed by atoms with Crippen LogP contribution in [0.1, 0.15) is 32.3 Å². The Morgan fingerprint density at radius 2 is 1.76 bits per heavy atom. The second kappa shape index (κ2) is 8.20. The zero-order chi connectivity index (χ0) is 18.6. The molecule has 1 aromatic rings. The van der Waals surface area contributed by atoms with Crippen LogP contribution < -0.4 is 5.73 Å². The van der Waals surface area contributed by atoms with Crippen LogP contribution in [0.4, 0.5) is 0 Å². The summed E-state index contributed by atoms with van der Waals surface area (Å²) >= 11 is 3.41. The van der Waals surface area contributed by atoms with Gasteiger partial charge in [0.05, 0.1) is 24.7 Å². The summed E-state index contributed by atoms with van der Waals surface area (Å²) in [5.41, 5.74) is 6.99. The van der Waals surface area contributed by atoms with Gasteiger partial charge in [-0.1, -0.05) is 28.1 Å². The second-order valence-corrected chi connectivity index (χ2v) is 6.19. The molecule has 1 atom stereocenters. The van der Waals surface area contributed by atoms with Crippen molar-refractivity contribution in [1.82, 2.24) is 0 Å². The molecule has 2 rings (SSSR count). The van der Waals surface area contributed by atoms with Crippen molar-refractivity contribution in [3.8, 4) is 0 Å². The largest absolute Gasteiger partial charge is 0.463 e. The first-order valence-corrected chi connectivity index (χ1v) is 8.67. The van der Waals surface area contributed by atoms with Gasteiger partial charge in [0.1, 0.15) is 11.3 Å². The number of carbonyl (C=O) groups excluding carboxylic acids is 2. The number of allylic oxidation sites excluding steroid dienone is 1. The van der Waals surface area contributed by atoms with Gasteiger partial charge in [-0.05, 0) is 38.5 Å². The third-order valence-corrected chi connectivity index (χ3v) is 4.15. The molecule has 1 heterocycles. The number of ether oxygens (including phenoxy) is 3. The maximum Gasteiger partial charge on any atom is 0.340 e. The Hall–Kier alpha value is -2.28. The normalized spacial score (nSPS) is 17.2. The van der Waals surface area contributed by atoms with Crippen LogP contribution in [0.25, 0.3) is 0 Å². The highest BCUT2D eigenvalue weighted by molar-refractivity contribution is 9.10. The molecule has 0 bridgehead atoms. The number of esters is 2. The summed E-state index contributed by atoms with van der Waals surface area (Å²) in [6.07, 6.45) is 0. The lowest BCUT2D eigenvalue weighted by Crippen LogP contribution is -2.30. The van der Waals surface area contributed by atoms with Gasteiger partial charge in [0.15, 0.2) is 0 Å². The Kier molecular flexibility index (Phi) is 6.25. The maximum atomic E-state index is 12.5. The molecule has 0 aromatic heterocycles. The molecule has 1 aliphatic rings. The number of nitrogens with two attached hydrogens (primary N) is 1. The Bertz CT molecular complexity index is 714. The minimum Gasteiger partial charge on any atom is -0.463 e. The molecule has 1 aromatic carbocycles. The molecule has 0 amide bonds. The van der Waals surface area contributed by atoms with E-state index in [0.717, 1.165) is 4.47 Å². The number of hydrogen-bond donors (Lipinski definition) is 1. The predicted molar refractivity (Wildman–Crippen MR) is 95.1 cm³/mol. The Morgan fingerprint density at radius 1 is 1.16 bits per heavy atom. The van der Waals surface area contributed by atoms with Crippen molar-refractivity contribution in [2.75, 3.05) is 13.2 Å². The summed E-state index contributed by atoms with van der Waals surface area (Å²) < 4.78 is 16.5. The van der Waals surface area contributed by atoms with Crippen molar-refractivity contribution in [3.63, 3.8) is 0 Å². The third kappa shape index (κ3) is 4.04. The summed E-state index contributed by atoms with van der Waals surface area (Å²) in [6.45, 7) is 5.40. The average molecular weight is 410 g/mol. The molecule has 0 unspecified atom stereocenters. The van der Waals surface area contributed by atoms with Crippen LogP contribution in [0.3, 0.4) is 0 Å². The molecule has 2 N–H and O–H groups in total. The van der Waals surface area contributed by atoms with E-state index >= 15 is 0 Å². The lowest BCUT2D eigenvalue weighted by Gasteiger charge is -2.28. The molecule has 0 spiro atoms. The highest BCUT2D eigenvalue weighted by atomic mass is 79.9. The Morgan fingerprint density at radius 3 is 2.32 bits per heavy atom. The van der Waals surface area contributed by atoms with Crippen LogP contribution in [0.5, 0.6) is 0 Å². The van der Waals surface area contributed by atoms with Crippen LogP contribution in [0.15, 0.2) is 51.5 Å². The van der Waals surface area contributed by atoms with Crippen LogP contribution in [-0.2, 0) is 23.8 Å². The molecule has 7 heteroatoms.